The Morgan fingerprint density at radius 3 is 2.90 bits per heavy atom. The lowest BCUT2D eigenvalue weighted by molar-refractivity contribution is -0.135. The van der Waals surface area contributed by atoms with Crippen molar-refractivity contribution in [2.45, 2.75) is 13.3 Å². The first-order valence-electron chi connectivity index (χ1n) is 3.26. The first kappa shape index (κ1) is 7.06. The summed E-state index contributed by atoms with van der Waals surface area (Å²) in [6.07, 6.45) is 4.27. The highest BCUT2D eigenvalue weighted by atomic mass is 16.5. The molecule has 0 N–H and O–H groups in total. The minimum absolute atomic E-state index is 0.109. The third-order valence-corrected chi connectivity index (χ3v) is 1.47. The zero-order valence-electron chi connectivity index (χ0n) is 5.96. The van der Waals surface area contributed by atoms with Gasteiger partial charge in [-0.2, -0.15) is 0 Å². The third-order valence-electron chi connectivity index (χ3n) is 1.47. The predicted molar refractivity (Wildman–Crippen MR) is 38.2 cm³/mol. The maximum absolute atomic E-state index is 10.6. The smallest absolute Gasteiger partial charge is 0.311 e. The van der Waals surface area contributed by atoms with Gasteiger partial charge in [0.25, 0.3) is 0 Å². The average molecular weight is 138 g/mol. The van der Waals surface area contributed by atoms with E-state index in [1.54, 1.807) is 0 Å². The van der Waals surface area contributed by atoms with Gasteiger partial charge in [-0.1, -0.05) is 18.7 Å². The Bertz CT molecular complexity index is 191. The van der Waals surface area contributed by atoms with Crippen LogP contribution in [0.2, 0.25) is 0 Å². The van der Waals surface area contributed by atoms with E-state index in [2.05, 4.69) is 6.58 Å². The molecule has 0 spiro atoms. The summed E-state index contributed by atoms with van der Waals surface area (Å²) < 4.78 is 4.74. The molecule has 1 fully saturated rings. The Morgan fingerprint density at radius 1 is 1.80 bits per heavy atom. The van der Waals surface area contributed by atoms with E-state index in [1.165, 1.54) is 0 Å². The molecule has 0 amide bonds. The van der Waals surface area contributed by atoms with E-state index >= 15 is 0 Å². The summed E-state index contributed by atoms with van der Waals surface area (Å²) >= 11 is 0. The molecule has 54 valence electrons. The predicted octanol–water partition coefficient (Wildman–Crippen LogP) is 1.64. The number of cyclic esters (lactones) is 1. The van der Waals surface area contributed by atoms with Gasteiger partial charge in [-0.05, 0) is 6.92 Å². The summed E-state index contributed by atoms with van der Waals surface area (Å²) in [5.41, 5.74) is 0. The average Bonchev–Trinajstić information content (AvgIpc) is 2.13. The highest BCUT2D eigenvalue weighted by molar-refractivity contribution is 5.74. The molecule has 1 heterocycles. The van der Waals surface area contributed by atoms with E-state index in [0.717, 1.165) is 0 Å². The van der Waals surface area contributed by atoms with Crippen LogP contribution in [0.25, 0.3) is 0 Å². The molecule has 2 nitrogen and oxygen atoms in total. The van der Waals surface area contributed by atoms with Crippen LogP contribution in [0.4, 0.5) is 0 Å². The Balaban J connectivity index is 2.63. The van der Waals surface area contributed by atoms with Gasteiger partial charge in [0, 0.05) is 5.92 Å². The van der Waals surface area contributed by atoms with Crippen LogP contribution in [0.3, 0.4) is 0 Å². The summed E-state index contributed by atoms with van der Waals surface area (Å²) in [4.78, 5) is 10.6. The number of ether oxygens (including phenoxy) is 1. The standard InChI is InChI=1S/C8H10O2/c1-3-4-7-5-8(9)10-6(7)2/h3-4,7H,2,5H2,1H3/b4-3-. The number of esters is 1. The Labute approximate surface area is 60.2 Å². The van der Waals surface area contributed by atoms with Crippen LogP contribution in [0.5, 0.6) is 0 Å². The first-order valence-corrected chi connectivity index (χ1v) is 3.26. The van der Waals surface area contributed by atoms with E-state index in [4.69, 9.17) is 4.74 Å². The van der Waals surface area contributed by atoms with Gasteiger partial charge in [0.2, 0.25) is 0 Å². The lowest BCUT2D eigenvalue weighted by atomic mass is 10.1. The highest BCUT2D eigenvalue weighted by Crippen LogP contribution is 2.24. The molecule has 0 aromatic heterocycles. The summed E-state index contributed by atoms with van der Waals surface area (Å²) in [6, 6.07) is 0. The van der Waals surface area contributed by atoms with E-state index in [9.17, 15) is 4.79 Å². The molecule has 10 heavy (non-hydrogen) atoms. The minimum Gasteiger partial charge on any atom is -0.431 e. The minimum atomic E-state index is -0.173. The van der Waals surface area contributed by atoms with Gasteiger partial charge >= 0.3 is 5.97 Å². The van der Waals surface area contributed by atoms with Gasteiger partial charge < -0.3 is 4.74 Å². The second-order valence-electron chi connectivity index (χ2n) is 2.28. The zero-order chi connectivity index (χ0) is 7.56. The molecule has 0 radical (unpaired) electrons. The lowest BCUT2D eigenvalue weighted by Gasteiger charge is -1.97. The topological polar surface area (TPSA) is 26.3 Å². The molecular formula is C8H10O2. The van der Waals surface area contributed by atoms with Crippen molar-refractivity contribution in [3.05, 3.63) is 24.5 Å². The lowest BCUT2D eigenvalue weighted by Crippen LogP contribution is -1.90. The molecule has 1 rings (SSSR count). The fourth-order valence-electron chi connectivity index (χ4n) is 0.965. The molecule has 1 unspecified atom stereocenters. The Kier molecular flexibility index (Phi) is 1.90. The van der Waals surface area contributed by atoms with Crippen molar-refractivity contribution >= 4 is 5.97 Å². The summed E-state index contributed by atoms with van der Waals surface area (Å²) in [6.45, 7) is 5.52. The van der Waals surface area contributed by atoms with Gasteiger partial charge in [-0.3, -0.25) is 4.79 Å². The molecular weight excluding hydrogens is 128 g/mol. The SMILES string of the molecule is C=C1OC(=O)CC1/C=C\C. The number of allylic oxidation sites excluding steroid dienone is 2. The van der Waals surface area contributed by atoms with Crippen LogP contribution < -0.4 is 0 Å². The summed E-state index contributed by atoms with van der Waals surface area (Å²) in [5, 5.41) is 0. The monoisotopic (exact) mass is 138 g/mol. The second-order valence-corrected chi connectivity index (χ2v) is 2.28. The molecule has 1 atom stereocenters. The van der Waals surface area contributed by atoms with Gasteiger partial charge in [0.05, 0.1) is 6.42 Å². The van der Waals surface area contributed by atoms with Crippen molar-refractivity contribution < 1.29 is 9.53 Å². The molecule has 2 heteroatoms. The molecule has 1 aliphatic heterocycles. The van der Waals surface area contributed by atoms with E-state index in [1.807, 2.05) is 19.1 Å². The molecule has 0 saturated carbocycles. The first-order chi connectivity index (χ1) is 4.74. The molecule has 0 bridgehead atoms. The fourth-order valence-corrected chi connectivity index (χ4v) is 0.965. The molecule has 0 aliphatic carbocycles. The fraction of sp³-hybridized carbons (Fsp3) is 0.375. The third kappa shape index (κ3) is 1.26. The molecule has 0 aromatic rings. The second kappa shape index (κ2) is 2.69. The number of hydrogen-bond acceptors (Lipinski definition) is 2. The highest BCUT2D eigenvalue weighted by Gasteiger charge is 2.25. The maximum Gasteiger partial charge on any atom is 0.311 e. The molecule has 1 aliphatic rings. The van der Waals surface area contributed by atoms with E-state index in [-0.39, 0.29) is 11.9 Å². The Morgan fingerprint density at radius 2 is 2.50 bits per heavy atom. The molecule has 1 saturated heterocycles. The van der Waals surface area contributed by atoms with E-state index in [0.29, 0.717) is 12.2 Å². The number of hydrogen-bond donors (Lipinski definition) is 0. The van der Waals surface area contributed by atoms with Crippen molar-refractivity contribution in [1.29, 1.82) is 0 Å². The maximum atomic E-state index is 10.6. The van der Waals surface area contributed by atoms with E-state index < -0.39 is 0 Å². The van der Waals surface area contributed by atoms with Crippen LogP contribution in [0, 0.1) is 5.92 Å². The normalized spacial score (nSPS) is 25.9. The quantitative estimate of drug-likeness (QED) is 0.406. The Hall–Kier alpha value is -1.05. The van der Waals surface area contributed by atoms with Crippen LogP contribution >= 0.6 is 0 Å². The van der Waals surface area contributed by atoms with Crippen molar-refractivity contribution in [3.8, 4) is 0 Å². The summed E-state index contributed by atoms with van der Waals surface area (Å²) in [7, 11) is 0. The van der Waals surface area contributed by atoms with Gasteiger partial charge in [-0.25, -0.2) is 0 Å². The van der Waals surface area contributed by atoms with Crippen LogP contribution in [-0.2, 0) is 9.53 Å². The van der Waals surface area contributed by atoms with Crippen molar-refractivity contribution in [2.75, 3.05) is 0 Å². The van der Waals surface area contributed by atoms with Crippen LogP contribution in [-0.4, -0.2) is 5.97 Å². The largest absolute Gasteiger partial charge is 0.431 e. The van der Waals surface area contributed by atoms with Crippen molar-refractivity contribution in [2.24, 2.45) is 5.92 Å². The molecule has 0 aromatic carbocycles. The zero-order valence-corrected chi connectivity index (χ0v) is 5.96. The van der Waals surface area contributed by atoms with Gasteiger partial charge in [-0.15, -0.1) is 0 Å². The number of rotatable bonds is 1. The number of carbonyl (C=O) groups excluding carboxylic acids is 1. The van der Waals surface area contributed by atoms with Gasteiger partial charge in [0.15, 0.2) is 0 Å². The van der Waals surface area contributed by atoms with Crippen molar-refractivity contribution in [1.82, 2.24) is 0 Å². The van der Waals surface area contributed by atoms with Crippen LogP contribution in [0.15, 0.2) is 24.5 Å². The van der Waals surface area contributed by atoms with Crippen molar-refractivity contribution in [3.63, 3.8) is 0 Å². The summed E-state index contributed by atoms with van der Waals surface area (Å²) in [5.74, 6) is 0.508. The number of carbonyl (C=O) groups is 1. The van der Waals surface area contributed by atoms with Gasteiger partial charge in [0.1, 0.15) is 5.76 Å². The van der Waals surface area contributed by atoms with Crippen LogP contribution in [0.1, 0.15) is 13.3 Å².